The minimum absolute atomic E-state index is 0.215. The molecule has 1 aromatic rings. The van der Waals surface area contributed by atoms with Crippen molar-refractivity contribution in [2.24, 2.45) is 10.7 Å². The Morgan fingerprint density at radius 1 is 1.30 bits per heavy atom. The van der Waals surface area contributed by atoms with E-state index in [1.165, 1.54) is 5.56 Å². The van der Waals surface area contributed by atoms with E-state index in [4.69, 9.17) is 15.2 Å². The molecular formula is C15H21N3O2. The molecule has 2 aliphatic heterocycles. The average Bonchev–Trinajstić information content (AvgIpc) is 2.69. The third kappa shape index (κ3) is 2.40. The van der Waals surface area contributed by atoms with Crippen LogP contribution in [0.15, 0.2) is 23.2 Å². The molecule has 5 nitrogen and oxygen atoms in total. The van der Waals surface area contributed by atoms with Crippen LogP contribution in [0.25, 0.3) is 0 Å². The van der Waals surface area contributed by atoms with Gasteiger partial charge in [0.15, 0.2) is 17.5 Å². The van der Waals surface area contributed by atoms with Crippen LogP contribution in [0.1, 0.15) is 31.4 Å². The molecule has 0 aliphatic carbocycles. The van der Waals surface area contributed by atoms with Gasteiger partial charge in [0, 0.05) is 13.0 Å². The number of rotatable bonds is 3. The largest absolute Gasteiger partial charge is 0.490 e. The number of nitrogens with two attached hydrogens (primary N) is 1. The van der Waals surface area contributed by atoms with Gasteiger partial charge >= 0.3 is 0 Å². The van der Waals surface area contributed by atoms with Crippen molar-refractivity contribution in [2.45, 2.75) is 25.8 Å². The van der Waals surface area contributed by atoms with Gasteiger partial charge in [-0.3, -0.25) is 4.99 Å². The van der Waals surface area contributed by atoms with Crippen LogP contribution in [0, 0.1) is 0 Å². The summed E-state index contributed by atoms with van der Waals surface area (Å²) in [6, 6.07) is 6.37. The second-order valence-electron chi connectivity index (χ2n) is 5.16. The Kier molecular flexibility index (Phi) is 3.67. The highest BCUT2D eigenvalue weighted by molar-refractivity contribution is 5.80. The molecule has 0 spiro atoms. The van der Waals surface area contributed by atoms with Crippen LogP contribution in [0.4, 0.5) is 0 Å². The molecule has 2 aliphatic rings. The lowest BCUT2D eigenvalue weighted by Gasteiger charge is -2.26. The van der Waals surface area contributed by atoms with Crippen LogP contribution in [0.2, 0.25) is 0 Å². The van der Waals surface area contributed by atoms with Crippen LogP contribution in [-0.4, -0.2) is 37.2 Å². The fourth-order valence-electron chi connectivity index (χ4n) is 2.71. The Labute approximate surface area is 119 Å². The second kappa shape index (κ2) is 5.61. The summed E-state index contributed by atoms with van der Waals surface area (Å²) in [6.07, 6.45) is 1.97. The Morgan fingerprint density at radius 3 is 2.90 bits per heavy atom. The van der Waals surface area contributed by atoms with Crippen LogP contribution >= 0.6 is 0 Å². The first kappa shape index (κ1) is 13.1. The smallest absolute Gasteiger partial charge is 0.191 e. The number of guanidine groups is 1. The van der Waals surface area contributed by atoms with Gasteiger partial charge in [0.1, 0.15) is 0 Å². The van der Waals surface area contributed by atoms with E-state index in [1.807, 2.05) is 6.07 Å². The van der Waals surface area contributed by atoms with E-state index in [1.54, 1.807) is 0 Å². The van der Waals surface area contributed by atoms with E-state index in [0.717, 1.165) is 30.9 Å². The zero-order valence-corrected chi connectivity index (χ0v) is 11.8. The first-order valence-electron chi connectivity index (χ1n) is 7.25. The molecular weight excluding hydrogens is 254 g/mol. The quantitative estimate of drug-likeness (QED) is 0.915. The highest BCUT2D eigenvalue weighted by atomic mass is 16.5. The van der Waals surface area contributed by atoms with Crippen molar-refractivity contribution in [1.29, 1.82) is 0 Å². The number of aliphatic imine (C=N–C) groups is 1. The second-order valence-corrected chi connectivity index (χ2v) is 5.16. The lowest BCUT2D eigenvalue weighted by atomic mass is 10.1. The minimum atomic E-state index is 0.215. The Hall–Kier alpha value is -1.91. The van der Waals surface area contributed by atoms with Gasteiger partial charge in [0.25, 0.3) is 0 Å². The third-order valence-corrected chi connectivity index (χ3v) is 3.72. The van der Waals surface area contributed by atoms with E-state index >= 15 is 0 Å². The van der Waals surface area contributed by atoms with Gasteiger partial charge in [0.05, 0.1) is 25.8 Å². The number of hydrogen-bond acceptors (Lipinski definition) is 5. The SMILES string of the molecule is CCCN1C(N)=NCC1c1ccc2c(c1)OCCCO2. The molecule has 0 radical (unpaired) electrons. The van der Waals surface area contributed by atoms with E-state index in [9.17, 15) is 0 Å². The summed E-state index contributed by atoms with van der Waals surface area (Å²) in [5.41, 5.74) is 7.16. The minimum Gasteiger partial charge on any atom is -0.490 e. The summed E-state index contributed by atoms with van der Waals surface area (Å²) in [4.78, 5) is 6.54. The summed E-state index contributed by atoms with van der Waals surface area (Å²) >= 11 is 0. The fraction of sp³-hybridized carbons (Fsp3) is 0.533. The van der Waals surface area contributed by atoms with Crippen LogP contribution < -0.4 is 15.2 Å². The maximum atomic E-state index is 5.98. The van der Waals surface area contributed by atoms with Crippen LogP contribution in [0.5, 0.6) is 11.5 Å². The van der Waals surface area contributed by atoms with Gasteiger partial charge in [0.2, 0.25) is 0 Å². The predicted octanol–water partition coefficient (Wildman–Crippen LogP) is 1.93. The van der Waals surface area contributed by atoms with Crippen molar-refractivity contribution in [3.05, 3.63) is 23.8 Å². The van der Waals surface area contributed by atoms with E-state index < -0.39 is 0 Å². The van der Waals surface area contributed by atoms with Crippen molar-refractivity contribution >= 4 is 5.96 Å². The van der Waals surface area contributed by atoms with Crippen molar-refractivity contribution in [2.75, 3.05) is 26.3 Å². The highest BCUT2D eigenvalue weighted by Crippen LogP contribution is 2.35. The molecule has 0 saturated heterocycles. The molecule has 2 N–H and O–H groups in total. The van der Waals surface area contributed by atoms with Crippen molar-refractivity contribution < 1.29 is 9.47 Å². The zero-order chi connectivity index (χ0) is 13.9. The molecule has 0 bridgehead atoms. The van der Waals surface area contributed by atoms with E-state index in [0.29, 0.717) is 25.7 Å². The number of ether oxygens (including phenoxy) is 2. The number of fused-ring (bicyclic) bond motifs is 1. The Balaban J connectivity index is 1.85. The molecule has 0 fully saturated rings. The first-order valence-corrected chi connectivity index (χ1v) is 7.25. The fourth-order valence-corrected chi connectivity index (χ4v) is 2.71. The molecule has 0 saturated carbocycles. The first-order chi connectivity index (χ1) is 9.79. The van der Waals surface area contributed by atoms with Crippen LogP contribution in [-0.2, 0) is 0 Å². The zero-order valence-electron chi connectivity index (χ0n) is 11.8. The lowest BCUT2D eigenvalue weighted by Crippen LogP contribution is -2.36. The van der Waals surface area contributed by atoms with Gasteiger partial charge in [-0.15, -0.1) is 0 Å². The van der Waals surface area contributed by atoms with Gasteiger partial charge in [-0.25, -0.2) is 0 Å². The molecule has 3 rings (SSSR count). The monoisotopic (exact) mass is 275 g/mol. The number of nitrogens with zero attached hydrogens (tertiary/aromatic N) is 2. The van der Waals surface area contributed by atoms with Gasteiger partial charge < -0.3 is 20.1 Å². The molecule has 1 aromatic carbocycles. The standard InChI is InChI=1S/C15H21N3O2/c1-2-6-18-12(10-17-15(18)16)11-4-5-13-14(9-11)20-8-3-7-19-13/h4-5,9,12H,2-3,6-8,10H2,1H3,(H2,16,17). The summed E-state index contributed by atoms with van der Waals surface area (Å²) in [5.74, 6) is 2.31. The maximum absolute atomic E-state index is 5.98. The molecule has 0 aromatic heterocycles. The van der Waals surface area contributed by atoms with Crippen molar-refractivity contribution in [3.8, 4) is 11.5 Å². The van der Waals surface area contributed by atoms with Crippen LogP contribution in [0.3, 0.4) is 0 Å². The number of hydrogen-bond donors (Lipinski definition) is 1. The molecule has 5 heteroatoms. The van der Waals surface area contributed by atoms with E-state index in [-0.39, 0.29) is 6.04 Å². The van der Waals surface area contributed by atoms with Crippen molar-refractivity contribution in [1.82, 2.24) is 4.90 Å². The molecule has 1 unspecified atom stereocenters. The van der Waals surface area contributed by atoms with Gasteiger partial charge in [-0.1, -0.05) is 13.0 Å². The summed E-state index contributed by atoms with van der Waals surface area (Å²) < 4.78 is 11.4. The molecule has 1 atom stereocenters. The summed E-state index contributed by atoms with van der Waals surface area (Å²) in [5, 5.41) is 0. The molecule has 0 amide bonds. The normalized spacial score (nSPS) is 21.6. The highest BCUT2D eigenvalue weighted by Gasteiger charge is 2.27. The molecule has 20 heavy (non-hydrogen) atoms. The lowest BCUT2D eigenvalue weighted by molar-refractivity contribution is 0.296. The average molecular weight is 275 g/mol. The number of benzene rings is 1. The summed E-state index contributed by atoms with van der Waals surface area (Å²) in [6.45, 7) is 5.21. The summed E-state index contributed by atoms with van der Waals surface area (Å²) in [7, 11) is 0. The van der Waals surface area contributed by atoms with Crippen molar-refractivity contribution in [3.63, 3.8) is 0 Å². The molecule has 108 valence electrons. The maximum Gasteiger partial charge on any atom is 0.191 e. The topological polar surface area (TPSA) is 60.1 Å². The third-order valence-electron chi connectivity index (χ3n) is 3.72. The Bertz CT molecular complexity index is 516. The van der Waals surface area contributed by atoms with Gasteiger partial charge in [-0.2, -0.15) is 0 Å². The molecule has 2 heterocycles. The Morgan fingerprint density at radius 2 is 2.10 bits per heavy atom. The predicted molar refractivity (Wildman–Crippen MR) is 78.3 cm³/mol. The van der Waals surface area contributed by atoms with E-state index in [2.05, 4.69) is 28.9 Å². The van der Waals surface area contributed by atoms with Gasteiger partial charge in [-0.05, 0) is 24.1 Å².